The Morgan fingerprint density at radius 2 is 1.56 bits per heavy atom. The second kappa shape index (κ2) is 5.70. The third kappa shape index (κ3) is 4.35. The normalized spacial score (nSPS) is 18.9. The highest BCUT2D eigenvalue weighted by atomic mass is 32.2. The summed E-state index contributed by atoms with van der Waals surface area (Å²) in [4.78, 5) is 16.3. The number of hydrogen-bond acceptors (Lipinski definition) is 4. The minimum Gasteiger partial charge on any atom is -0.444 e. The monoisotopic (exact) mass is 274 g/mol. The average Bonchev–Trinajstić information content (AvgIpc) is 2.27. The van der Waals surface area contributed by atoms with Crippen LogP contribution in [0.5, 0.6) is 0 Å². The standard InChI is InChI=1S/C13H26N2O2S/c1-12(2,3)17-11(16)14-7-9-15(10-8-14)13(4,5)18-6/h7-10H2,1-6H3. The number of thioether (sulfide) groups is 1. The van der Waals surface area contributed by atoms with Crippen molar-refractivity contribution in [2.45, 2.75) is 45.1 Å². The largest absolute Gasteiger partial charge is 0.444 e. The molecule has 0 unspecified atom stereocenters. The van der Waals surface area contributed by atoms with E-state index in [0.29, 0.717) is 0 Å². The molecule has 4 nitrogen and oxygen atoms in total. The molecule has 0 aromatic rings. The first-order valence-corrected chi connectivity index (χ1v) is 7.66. The van der Waals surface area contributed by atoms with Crippen LogP contribution in [0.25, 0.3) is 0 Å². The summed E-state index contributed by atoms with van der Waals surface area (Å²) in [7, 11) is 0. The van der Waals surface area contributed by atoms with Gasteiger partial charge >= 0.3 is 6.09 Å². The summed E-state index contributed by atoms with van der Waals surface area (Å²) in [5.74, 6) is 0. The first kappa shape index (κ1) is 15.6. The molecule has 1 fully saturated rings. The SMILES string of the molecule is CSC(C)(C)N1CCN(C(=O)OC(C)(C)C)CC1. The van der Waals surface area contributed by atoms with E-state index in [4.69, 9.17) is 4.74 Å². The van der Waals surface area contributed by atoms with Crippen LogP contribution in [0.3, 0.4) is 0 Å². The van der Waals surface area contributed by atoms with Crippen LogP contribution in [0.2, 0.25) is 0 Å². The van der Waals surface area contributed by atoms with Gasteiger partial charge in [0, 0.05) is 26.2 Å². The van der Waals surface area contributed by atoms with Gasteiger partial charge in [-0.1, -0.05) is 0 Å². The maximum absolute atomic E-state index is 11.9. The lowest BCUT2D eigenvalue weighted by Crippen LogP contribution is -2.55. The van der Waals surface area contributed by atoms with E-state index in [9.17, 15) is 4.79 Å². The Labute approximate surface area is 115 Å². The van der Waals surface area contributed by atoms with Crippen LogP contribution in [0.1, 0.15) is 34.6 Å². The van der Waals surface area contributed by atoms with Crippen molar-refractivity contribution in [1.29, 1.82) is 0 Å². The molecule has 0 saturated carbocycles. The lowest BCUT2D eigenvalue weighted by atomic mass is 10.2. The lowest BCUT2D eigenvalue weighted by Gasteiger charge is -2.43. The maximum atomic E-state index is 11.9. The van der Waals surface area contributed by atoms with Crippen molar-refractivity contribution in [3.63, 3.8) is 0 Å². The van der Waals surface area contributed by atoms with Crippen molar-refractivity contribution in [3.8, 4) is 0 Å². The molecule has 0 aromatic carbocycles. The van der Waals surface area contributed by atoms with Crippen LogP contribution in [-0.2, 0) is 4.74 Å². The molecule has 0 aliphatic carbocycles. The maximum Gasteiger partial charge on any atom is 0.410 e. The molecule has 0 radical (unpaired) electrons. The minimum atomic E-state index is -0.410. The zero-order valence-corrected chi connectivity index (χ0v) is 13.3. The summed E-state index contributed by atoms with van der Waals surface area (Å²) < 4.78 is 5.39. The molecule has 5 heteroatoms. The van der Waals surface area contributed by atoms with E-state index in [2.05, 4.69) is 25.0 Å². The predicted molar refractivity (Wildman–Crippen MR) is 77.0 cm³/mol. The highest BCUT2D eigenvalue weighted by Crippen LogP contribution is 2.27. The van der Waals surface area contributed by atoms with E-state index in [1.165, 1.54) is 0 Å². The number of hydrogen-bond donors (Lipinski definition) is 0. The number of nitrogens with zero attached hydrogens (tertiary/aromatic N) is 2. The number of rotatable bonds is 2. The van der Waals surface area contributed by atoms with Gasteiger partial charge in [0.05, 0.1) is 4.87 Å². The van der Waals surface area contributed by atoms with Crippen LogP contribution in [0.4, 0.5) is 4.79 Å². The van der Waals surface area contributed by atoms with Crippen molar-refractivity contribution in [1.82, 2.24) is 9.80 Å². The van der Waals surface area contributed by atoms with E-state index in [0.717, 1.165) is 26.2 Å². The Morgan fingerprint density at radius 1 is 1.06 bits per heavy atom. The molecule has 1 aliphatic heterocycles. The number of carbonyl (C=O) groups is 1. The number of ether oxygens (including phenoxy) is 1. The molecule has 18 heavy (non-hydrogen) atoms. The molecule has 1 rings (SSSR count). The first-order chi connectivity index (χ1) is 8.15. The second-order valence-corrected chi connectivity index (χ2v) is 7.51. The second-order valence-electron chi connectivity index (χ2n) is 6.11. The summed E-state index contributed by atoms with van der Waals surface area (Å²) >= 11 is 1.84. The Morgan fingerprint density at radius 3 is 1.94 bits per heavy atom. The van der Waals surface area contributed by atoms with E-state index >= 15 is 0 Å². The lowest BCUT2D eigenvalue weighted by molar-refractivity contribution is 0.0101. The van der Waals surface area contributed by atoms with Crippen LogP contribution in [0, 0.1) is 0 Å². The minimum absolute atomic E-state index is 0.139. The van der Waals surface area contributed by atoms with Crippen molar-refractivity contribution in [3.05, 3.63) is 0 Å². The Balaban J connectivity index is 2.47. The highest BCUT2D eigenvalue weighted by molar-refractivity contribution is 7.99. The molecule has 1 aliphatic rings. The zero-order valence-electron chi connectivity index (χ0n) is 12.4. The molecule has 1 heterocycles. The van der Waals surface area contributed by atoms with Gasteiger partial charge in [-0.25, -0.2) is 4.79 Å². The molecule has 0 atom stereocenters. The van der Waals surface area contributed by atoms with Crippen LogP contribution in [-0.4, -0.2) is 58.8 Å². The van der Waals surface area contributed by atoms with Gasteiger partial charge in [-0.05, 0) is 40.9 Å². The molecular formula is C13H26N2O2S. The molecule has 0 N–H and O–H groups in total. The van der Waals surface area contributed by atoms with Crippen LogP contribution < -0.4 is 0 Å². The molecule has 0 spiro atoms. The number of piperazine rings is 1. The summed E-state index contributed by atoms with van der Waals surface area (Å²) in [6.45, 7) is 13.5. The fraction of sp³-hybridized carbons (Fsp3) is 0.923. The Kier molecular flexibility index (Phi) is 4.95. The van der Waals surface area contributed by atoms with Gasteiger partial charge in [-0.2, -0.15) is 0 Å². The number of amides is 1. The van der Waals surface area contributed by atoms with Crippen molar-refractivity contribution in [2.75, 3.05) is 32.4 Å². The fourth-order valence-electron chi connectivity index (χ4n) is 1.88. The summed E-state index contributed by atoms with van der Waals surface area (Å²) in [5, 5.41) is 0. The fourth-order valence-corrected chi connectivity index (χ4v) is 2.32. The van der Waals surface area contributed by atoms with Crippen LogP contribution in [0.15, 0.2) is 0 Å². The van der Waals surface area contributed by atoms with Gasteiger partial charge in [-0.15, -0.1) is 11.8 Å². The van der Waals surface area contributed by atoms with Gasteiger partial charge in [0.15, 0.2) is 0 Å². The van der Waals surface area contributed by atoms with Gasteiger partial charge < -0.3 is 9.64 Å². The topological polar surface area (TPSA) is 32.8 Å². The van der Waals surface area contributed by atoms with E-state index in [1.54, 1.807) is 4.90 Å². The van der Waals surface area contributed by atoms with E-state index < -0.39 is 5.60 Å². The Hall–Kier alpha value is -0.420. The quantitative estimate of drug-likeness (QED) is 0.775. The summed E-state index contributed by atoms with van der Waals surface area (Å²) in [6.07, 6.45) is 1.93. The van der Waals surface area contributed by atoms with Crippen molar-refractivity contribution in [2.24, 2.45) is 0 Å². The summed E-state index contributed by atoms with van der Waals surface area (Å²) in [5.41, 5.74) is -0.410. The molecule has 1 saturated heterocycles. The van der Waals surface area contributed by atoms with Gasteiger partial charge in [0.1, 0.15) is 5.60 Å². The molecule has 0 aromatic heterocycles. The molecular weight excluding hydrogens is 248 g/mol. The molecule has 1 amide bonds. The summed E-state index contributed by atoms with van der Waals surface area (Å²) in [6, 6.07) is 0. The smallest absolute Gasteiger partial charge is 0.410 e. The highest BCUT2D eigenvalue weighted by Gasteiger charge is 2.31. The van der Waals surface area contributed by atoms with Gasteiger partial charge in [0.2, 0.25) is 0 Å². The zero-order chi connectivity index (χ0) is 14.0. The van der Waals surface area contributed by atoms with E-state index in [1.807, 2.05) is 32.5 Å². The predicted octanol–water partition coefficient (Wildman–Crippen LogP) is 2.64. The van der Waals surface area contributed by atoms with Crippen molar-refractivity contribution < 1.29 is 9.53 Å². The Bertz CT molecular complexity index is 292. The van der Waals surface area contributed by atoms with Gasteiger partial charge in [0.25, 0.3) is 0 Å². The average molecular weight is 274 g/mol. The van der Waals surface area contributed by atoms with E-state index in [-0.39, 0.29) is 11.0 Å². The first-order valence-electron chi connectivity index (χ1n) is 6.44. The molecule has 106 valence electrons. The van der Waals surface area contributed by atoms with Crippen molar-refractivity contribution >= 4 is 17.9 Å². The third-order valence-corrected chi connectivity index (χ3v) is 4.45. The van der Waals surface area contributed by atoms with Gasteiger partial charge in [-0.3, -0.25) is 4.90 Å². The molecule has 0 bridgehead atoms. The number of carbonyl (C=O) groups excluding carboxylic acids is 1. The van der Waals surface area contributed by atoms with Crippen LogP contribution >= 0.6 is 11.8 Å². The third-order valence-electron chi connectivity index (χ3n) is 3.19.